The maximum Gasteiger partial charge on any atom is 0.123 e. The Balaban J connectivity index is 1.53. The van der Waals surface area contributed by atoms with Gasteiger partial charge in [-0.05, 0) is 23.3 Å². The molecule has 0 amide bonds. The van der Waals surface area contributed by atoms with E-state index in [-0.39, 0.29) is 12.2 Å². The molecule has 0 unspecified atom stereocenters. The molecule has 3 N–H and O–H groups in total. The molecule has 4 rings (SSSR count). The summed E-state index contributed by atoms with van der Waals surface area (Å²) in [5, 5.41) is 10.9. The number of ether oxygens (including phenoxy) is 1. The Kier molecular flexibility index (Phi) is 5.92. The molecule has 0 bridgehead atoms. The number of methoxy groups -OCH3 is 1. The molecule has 0 saturated carbocycles. The van der Waals surface area contributed by atoms with Crippen LogP contribution in [0.15, 0.2) is 67.3 Å². The fourth-order valence-corrected chi connectivity index (χ4v) is 3.62. The fraction of sp³-hybridized carbons (Fsp3) is 0.273. The minimum atomic E-state index is 0.129. The zero-order valence-corrected chi connectivity index (χ0v) is 15.9. The Morgan fingerprint density at radius 3 is 2.57 bits per heavy atom. The molecular weight excluding hydrogens is 350 g/mol. The topological polar surface area (TPSA) is 71.1 Å². The molecule has 6 nitrogen and oxygen atoms in total. The van der Waals surface area contributed by atoms with Gasteiger partial charge in [0, 0.05) is 43.2 Å². The normalized spacial score (nSPS) is 19.3. The van der Waals surface area contributed by atoms with Gasteiger partial charge in [-0.15, -0.1) is 0 Å². The Hall–Kier alpha value is -2.80. The van der Waals surface area contributed by atoms with Crippen molar-refractivity contribution in [1.82, 2.24) is 25.9 Å². The summed E-state index contributed by atoms with van der Waals surface area (Å²) in [6.07, 6.45) is 5.32. The Labute approximate surface area is 165 Å². The summed E-state index contributed by atoms with van der Waals surface area (Å²) >= 11 is 0. The Morgan fingerprint density at radius 1 is 1.00 bits per heavy atom. The summed E-state index contributed by atoms with van der Waals surface area (Å²) in [6, 6.07) is 16.9. The minimum absolute atomic E-state index is 0.129. The summed E-state index contributed by atoms with van der Waals surface area (Å²) < 4.78 is 5.58. The number of piperazine rings is 1. The number of hydrogen-bond donors (Lipinski definition) is 3. The molecule has 1 aromatic heterocycles. The lowest BCUT2D eigenvalue weighted by Gasteiger charge is -2.35. The van der Waals surface area contributed by atoms with Crippen molar-refractivity contribution in [3.05, 3.63) is 78.4 Å². The molecule has 1 aliphatic heterocycles. The van der Waals surface area contributed by atoms with Crippen LogP contribution in [0.5, 0.6) is 5.75 Å². The lowest BCUT2D eigenvalue weighted by Crippen LogP contribution is -2.57. The molecular formula is C22H25N5O. The van der Waals surface area contributed by atoms with Crippen LogP contribution < -0.4 is 20.7 Å². The van der Waals surface area contributed by atoms with Gasteiger partial charge in [0.2, 0.25) is 0 Å². The largest absolute Gasteiger partial charge is 0.496 e. The van der Waals surface area contributed by atoms with E-state index in [0.717, 1.165) is 35.5 Å². The summed E-state index contributed by atoms with van der Waals surface area (Å²) in [5.74, 6) is 0.869. The van der Waals surface area contributed by atoms with Crippen LogP contribution >= 0.6 is 0 Å². The quantitative estimate of drug-likeness (QED) is 0.615. The number of aromatic nitrogens is 2. The van der Waals surface area contributed by atoms with Crippen molar-refractivity contribution >= 4 is 0 Å². The average Bonchev–Trinajstić information content (AvgIpc) is 2.79. The second kappa shape index (κ2) is 8.93. The standard InChI is InChI=1S/C22H25N5O/c1-28-20-8-7-17(19-12-23-15-24-13-19)11-18(20)14-27-22-21(25-9-10-26-22)16-5-3-2-4-6-16/h2-8,11-13,15,21-22,25-27H,9-10,14H2,1H3/t21-,22+/m0/s1. The summed E-state index contributed by atoms with van der Waals surface area (Å²) in [4.78, 5) is 8.24. The van der Waals surface area contributed by atoms with Crippen LogP contribution in [0, 0.1) is 0 Å². The number of nitrogens with one attached hydrogen (secondary N) is 3. The number of nitrogens with zero attached hydrogens (tertiary/aromatic N) is 2. The molecule has 1 aliphatic rings. The fourth-order valence-electron chi connectivity index (χ4n) is 3.62. The number of rotatable bonds is 6. The molecule has 144 valence electrons. The van der Waals surface area contributed by atoms with Crippen LogP contribution in [0.25, 0.3) is 11.1 Å². The third-order valence-corrected chi connectivity index (χ3v) is 5.03. The van der Waals surface area contributed by atoms with E-state index in [1.165, 1.54) is 5.56 Å². The van der Waals surface area contributed by atoms with Gasteiger partial charge in [0.05, 0.1) is 19.3 Å². The summed E-state index contributed by atoms with van der Waals surface area (Å²) in [7, 11) is 1.71. The van der Waals surface area contributed by atoms with E-state index in [0.29, 0.717) is 6.54 Å². The van der Waals surface area contributed by atoms with Crippen LogP contribution in [-0.4, -0.2) is 36.3 Å². The van der Waals surface area contributed by atoms with Gasteiger partial charge in [-0.1, -0.05) is 36.4 Å². The second-order valence-corrected chi connectivity index (χ2v) is 6.81. The van der Waals surface area contributed by atoms with Crippen molar-refractivity contribution in [2.24, 2.45) is 0 Å². The molecule has 2 aromatic carbocycles. The minimum Gasteiger partial charge on any atom is -0.496 e. The van der Waals surface area contributed by atoms with Gasteiger partial charge in [0.25, 0.3) is 0 Å². The summed E-state index contributed by atoms with van der Waals surface area (Å²) in [6.45, 7) is 2.57. The van der Waals surface area contributed by atoms with Gasteiger partial charge in [-0.3, -0.25) is 10.6 Å². The lowest BCUT2D eigenvalue weighted by molar-refractivity contribution is 0.278. The van der Waals surface area contributed by atoms with E-state index in [1.54, 1.807) is 13.4 Å². The molecule has 6 heteroatoms. The third-order valence-electron chi connectivity index (χ3n) is 5.03. The molecule has 0 spiro atoms. The third kappa shape index (κ3) is 4.20. The highest BCUT2D eigenvalue weighted by Crippen LogP contribution is 2.26. The number of benzene rings is 2. The first kappa shape index (κ1) is 18.6. The smallest absolute Gasteiger partial charge is 0.123 e. The van der Waals surface area contributed by atoms with Crippen LogP contribution in [0.1, 0.15) is 17.2 Å². The van der Waals surface area contributed by atoms with Gasteiger partial charge < -0.3 is 10.1 Å². The maximum atomic E-state index is 5.58. The average molecular weight is 375 g/mol. The van der Waals surface area contributed by atoms with Crippen molar-refractivity contribution in [1.29, 1.82) is 0 Å². The van der Waals surface area contributed by atoms with Gasteiger partial charge in [-0.2, -0.15) is 0 Å². The van der Waals surface area contributed by atoms with Gasteiger partial charge in [0.1, 0.15) is 12.1 Å². The van der Waals surface area contributed by atoms with Crippen molar-refractivity contribution in [3.63, 3.8) is 0 Å². The monoisotopic (exact) mass is 375 g/mol. The molecule has 1 saturated heterocycles. The molecule has 0 aliphatic carbocycles. The molecule has 0 radical (unpaired) electrons. The SMILES string of the molecule is COc1ccc(-c2cncnc2)cc1CN[C@H]1NCCN[C@H]1c1ccccc1. The second-order valence-electron chi connectivity index (χ2n) is 6.81. The first-order valence-electron chi connectivity index (χ1n) is 9.52. The molecule has 28 heavy (non-hydrogen) atoms. The van der Waals surface area contributed by atoms with Gasteiger partial charge >= 0.3 is 0 Å². The highest BCUT2D eigenvalue weighted by Gasteiger charge is 2.25. The molecule has 1 fully saturated rings. The Morgan fingerprint density at radius 2 is 1.79 bits per heavy atom. The maximum absolute atomic E-state index is 5.58. The highest BCUT2D eigenvalue weighted by atomic mass is 16.5. The highest BCUT2D eigenvalue weighted by molar-refractivity contribution is 5.64. The van der Waals surface area contributed by atoms with E-state index >= 15 is 0 Å². The van der Waals surface area contributed by atoms with E-state index in [2.05, 4.69) is 56.3 Å². The first-order valence-corrected chi connectivity index (χ1v) is 9.52. The molecule has 2 atom stereocenters. The van der Waals surface area contributed by atoms with Gasteiger partial charge in [-0.25, -0.2) is 9.97 Å². The van der Waals surface area contributed by atoms with E-state index in [1.807, 2.05) is 30.6 Å². The molecule has 2 heterocycles. The predicted octanol–water partition coefficient (Wildman–Crippen LogP) is 2.50. The van der Waals surface area contributed by atoms with Crippen LogP contribution in [0.2, 0.25) is 0 Å². The van der Waals surface area contributed by atoms with Gasteiger partial charge in [0.15, 0.2) is 0 Å². The van der Waals surface area contributed by atoms with Crippen molar-refractivity contribution < 1.29 is 4.74 Å². The van der Waals surface area contributed by atoms with Crippen molar-refractivity contribution in [2.45, 2.75) is 18.8 Å². The van der Waals surface area contributed by atoms with Crippen LogP contribution in [0.3, 0.4) is 0 Å². The number of hydrogen-bond acceptors (Lipinski definition) is 6. The van der Waals surface area contributed by atoms with Crippen molar-refractivity contribution in [3.8, 4) is 16.9 Å². The van der Waals surface area contributed by atoms with E-state index in [4.69, 9.17) is 4.74 Å². The Bertz CT molecular complexity index is 888. The first-order chi connectivity index (χ1) is 13.8. The predicted molar refractivity (Wildman–Crippen MR) is 110 cm³/mol. The summed E-state index contributed by atoms with van der Waals surface area (Å²) in [5.41, 5.74) is 4.44. The van der Waals surface area contributed by atoms with Crippen LogP contribution in [-0.2, 0) is 6.54 Å². The van der Waals surface area contributed by atoms with E-state index < -0.39 is 0 Å². The lowest BCUT2D eigenvalue weighted by atomic mass is 10.0. The molecule has 3 aromatic rings. The zero-order chi connectivity index (χ0) is 19.2. The van der Waals surface area contributed by atoms with Crippen LogP contribution in [0.4, 0.5) is 0 Å². The van der Waals surface area contributed by atoms with E-state index in [9.17, 15) is 0 Å². The van der Waals surface area contributed by atoms with Crippen molar-refractivity contribution in [2.75, 3.05) is 20.2 Å². The zero-order valence-electron chi connectivity index (χ0n) is 15.9.